The lowest BCUT2D eigenvalue weighted by atomic mass is 9.71. The van der Waals surface area contributed by atoms with E-state index in [4.69, 9.17) is 18.9 Å². The molecule has 154 valence electrons. The molecule has 0 radical (unpaired) electrons. The van der Waals surface area contributed by atoms with Crippen LogP contribution in [0.5, 0.6) is 11.5 Å². The molecule has 28 heavy (non-hydrogen) atoms. The molecule has 0 saturated carbocycles. The van der Waals surface area contributed by atoms with Crippen molar-refractivity contribution in [3.05, 3.63) is 23.8 Å². The van der Waals surface area contributed by atoms with E-state index in [0.717, 1.165) is 0 Å². The second kappa shape index (κ2) is 8.95. The lowest BCUT2D eigenvalue weighted by Gasteiger charge is -2.53. The minimum absolute atomic E-state index is 0.000128. The quantitative estimate of drug-likeness (QED) is 0.360. The van der Waals surface area contributed by atoms with E-state index in [9.17, 15) is 14.4 Å². The van der Waals surface area contributed by atoms with E-state index in [0.29, 0.717) is 23.5 Å². The molecule has 0 bridgehead atoms. The number of ether oxygens (including phenoxy) is 4. The topological polar surface area (TPSA) is 91.4 Å². The number of likely N-dealkylation sites (tertiary alicyclic amines) is 1. The van der Waals surface area contributed by atoms with Crippen molar-refractivity contribution in [1.29, 1.82) is 0 Å². The zero-order valence-corrected chi connectivity index (χ0v) is 16.9. The summed E-state index contributed by atoms with van der Waals surface area (Å²) in [4.78, 5) is 39.8. The van der Waals surface area contributed by atoms with E-state index in [1.165, 1.54) is 19.1 Å². The highest BCUT2D eigenvalue weighted by molar-refractivity contribution is 6.16. The fourth-order valence-corrected chi connectivity index (χ4v) is 3.56. The minimum atomic E-state index is -1.79. The lowest BCUT2D eigenvalue weighted by molar-refractivity contribution is -0.205. The number of methoxy groups -OCH3 is 2. The highest BCUT2D eigenvalue weighted by atomic mass is 16.6. The molecule has 1 atom stereocenters. The van der Waals surface area contributed by atoms with Crippen molar-refractivity contribution in [3.8, 4) is 11.5 Å². The van der Waals surface area contributed by atoms with E-state index in [1.54, 1.807) is 39.0 Å². The highest BCUT2D eigenvalue weighted by Crippen LogP contribution is 2.44. The molecule has 1 aliphatic heterocycles. The molecule has 1 amide bonds. The largest absolute Gasteiger partial charge is 0.497 e. The molecule has 1 aromatic rings. The number of carbonyl (C=O) groups is 3. The molecular formula is C20H27NO7. The van der Waals surface area contributed by atoms with Crippen molar-refractivity contribution in [2.45, 2.75) is 39.3 Å². The van der Waals surface area contributed by atoms with Gasteiger partial charge in [-0.25, -0.2) is 9.59 Å². The number of β-lactam (4-membered cyclic amide) rings is 1. The summed E-state index contributed by atoms with van der Waals surface area (Å²) in [7, 11) is 3.03. The molecule has 8 nitrogen and oxygen atoms in total. The average Bonchev–Trinajstić information content (AvgIpc) is 2.69. The number of benzene rings is 1. The Morgan fingerprint density at radius 3 is 2.11 bits per heavy atom. The molecular weight excluding hydrogens is 366 g/mol. The fraction of sp³-hybridized carbons (Fsp3) is 0.550. The van der Waals surface area contributed by atoms with Crippen molar-refractivity contribution in [2.24, 2.45) is 5.92 Å². The van der Waals surface area contributed by atoms with E-state index >= 15 is 0 Å². The average molecular weight is 393 g/mol. The molecule has 1 aliphatic rings. The van der Waals surface area contributed by atoms with Gasteiger partial charge in [0.25, 0.3) is 5.54 Å². The van der Waals surface area contributed by atoms with Crippen LogP contribution in [-0.4, -0.2) is 55.7 Å². The number of amides is 1. The predicted molar refractivity (Wildman–Crippen MR) is 99.9 cm³/mol. The molecule has 8 heteroatoms. The normalized spacial score (nSPS) is 17.5. The third kappa shape index (κ3) is 3.39. The van der Waals surface area contributed by atoms with Gasteiger partial charge >= 0.3 is 11.9 Å². The first-order valence-electron chi connectivity index (χ1n) is 9.28. The Kier molecular flexibility index (Phi) is 6.88. The fourth-order valence-electron chi connectivity index (χ4n) is 3.56. The number of hydrogen-bond acceptors (Lipinski definition) is 7. The Morgan fingerprint density at radius 2 is 1.64 bits per heavy atom. The molecule has 0 aromatic heterocycles. The van der Waals surface area contributed by atoms with Crippen LogP contribution >= 0.6 is 0 Å². The van der Waals surface area contributed by atoms with Crippen LogP contribution in [0.3, 0.4) is 0 Å². The molecule has 0 N–H and O–H groups in total. The van der Waals surface area contributed by atoms with Gasteiger partial charge in [-0.1, -0.05) is 6.92 Å². The van der Waals surface area contributed by atoms with Gasteiger partial charge in [-0.15, -0.1) is 0 Å². The number of carbonyl (C=O) groups excluding carboxylic acids is 3. The first-order valence-corrected chi connectivity index (χ1v) is 9.28. The maximum atomic E-state index is 12.9. The summed E-state index contributed by atoms with van der Waals surface area (Å²) in [6.45, 7) is 5.22. The van der Waals surface area contributed by atoms with E-state index in [-0.39, 0.29) is 25.7 Å². The van der Waals surface area contributed by atoms with Gasteiger partial charge in [-0.3, -0.25) is 4.79 Å². The monoisotopic (exact) mass is 393 g/mol. The highest BCUT2D eigenvalue weighted by Gasteiger charge is 2.71. The summed E-state index contributed by atoms with van der Waals surface area (Å²) in [5, 5.41) is 0. The number of rotatable bonds is 9. The number of esters is 2. The van der Waals surface area contributed by atoms with Gasteiger partial charge in [-0.05, 0) is 32.4 Å². The Labute approximate surface area is 164 Å². The first-order chi connectivity index (χ1) is 13.4. The molecule has 1 unspecified atom stereocenters. The summed E-state index contributed by atoms with van der Waals surface area (Å²) < 4.78 is 20.9. The third-order valence-corrected chi connectivity index (χ3v) is 4.90. The first kappa shape index (κ1) is 21.5. The van der Waals surface area contributed by atoms with Crippen LogP contribution in [-0.2, 0) is 30.4 Å². The maximum absolute atomic E-state index is 12.9. The number of nitrogens with zero attached hydrogens (tertiary/aromatic N) is 1. The van der Waals surface area contributed by atoms with Gasteiger partial charge in [0.05, 0.1) is 39.9 Å². The van der Waals surface area contributed by atoms with Crippen molar-refractivity contribution in [3.63, 3.8) is 0 Å². The Balaban J connectivity index is 2.49. The van der Waals surface area contributed by atoms with Crippen molar-refractivity contribution in [1.82, 2.24) is 4.90 Å². The van der Waals surface area contributed by atoms with Gasteiger partial charge in [0.2, 0.25) is 5.91 Å². The van der Waals surface area contributed by atoms with Crippen molar-refractivity contribution >= 4 is 17.8 Å². The van der Waals surface area contributed by atoms with Crippen LogP contribution in [0.1, 0.15) is 32.8 Å². The summed E-state index contributed by atoms with van der Waals surface area (Å²) in [6.07, 6.45) is 0.312. The van der Waals surface area contributed by atoms with Crippen LogP contribution in [0.15, 0.2) is 18.2 Å². The summed E-state index contributed by atoms with van der Waals surface area (Å²) in [5.74, 6) is -1.60. The van der Waals surface area contributed by atoms with E-state index in [1.807, 2.05) is 0 Å². The SMILES string of the molecule is CCOC(=O)C1(C(=O)OCC)C(CC)C(=O)N1Cc1ccc(OC)cc1OC. The van der Waals surface area contributed by atoms with Gasteiger partial charge in [0.1, 0.15) is 11.5 Å². The molecule has 0 aliphatic carbocycles. The molecule has 1 saturated heterocycles. The molecule has 0 spiro atoms. The van der Waals surface area contributed by atoms with Crippen LogP contribution < -0.4 is 9.47 Å². The second-order valence-electron chi connectivity index (χ2n) is 6.27. The van der Waals surface area contributed by atoms with Crippen LogP contribution in [0.4, 0.5) is 0 Å². The Bertz CT molecular complexity index is 728. The van der Waals surface area contributed by atoms with Crippen LogP contribution in [0.25, 0.3) is 0 Å². The zero-order chi connectivity index (χ0) is 20.9. The van der Waals surface area contributed by atoms with Gasteiger partial charge in [0.15, 0.2) is 0 Å². The Morgan fingerprint density at radius 1 is 1.04 bits per heavy atom. The predicted octanol–water partition coefficient (Wildman–Crippen LogP) is 1.94. The molecule has 1 heterocycles. The maximum Gasteiger partial charge on any atom is 0.344 e. The van der Waals surface area contributed by atoms with Gasteiger partial charge < -0.3 is 23.8 Å². The summed E-state index contributed by atoms with van der Waals surface area (Å²) >= 11 is 0. The minimum Gasteiger partial charge on any atom is -0.497 e. The molecule has 2 rings (SSSR count). The summed E-state index contributed by atoms with van der Waals surface area (Å²) in [6, 6.07) is 5.12. The van der Waals surface area contributed by atoms with Gasteiger partial charge in [0, 0.05) is 11.6 Å². The van der Waals surface area contributed by atoms with Crippen molar-refractivity contribution < 1.29 is 33.3 Å². The zero-order valence-electron chi connectivity index (χ0n) is 16.9. The standard InChI is InChI=1S/C20H27NO7/c1-6-15-17(22)21(12-13-9-10-14(25-4)11-16(13)26-5)20(15,18(23)27-7-2)19(24)28-8-3/h9-11,15H,6-8,12H2,1-5H3. The number of hydrogen-bond donors (Lipinski definition) is 0. The smallest absolute Gasteiger partial charge is 0.344 e. The lowest BCUT2D eigenvalue weighted by Crippen LogP contribution is -2.78. The molecule has 1 fully saturated rings. The van der Waals surface area contributed by atoms with Crippen LogP contribution in [0, 0.1) is 5.92 Å². The second-order valence-corrected chi connectivity index (χ2v) is 6.27. The third-order valence-electron chi connectivity index (χ3n) is 4.90. The van der Waals surface area contributed by atoms with Crippen molar-refractivity contribution in [2.75, 3.05) is 27.4 Å². The van der Waals surface area contributed by atoms with Crippen LogP contribution in [0.2, 0.25) is 0 Å². The molecule has 1 aromatic carbocycles. The Hall–Kier alpha value is -2.77. The van der Waals surface area contributed by atoms with Gasteiger partial charge in [-0.2, -0.15) is 0 Å². The van der Waals surface area contributed by atoms with E-state index in [2.05, 4.69) is 0 Å². The van der Waals surface area contributed by atoms with E-state index < -0.39 is 23.4 Å². The summed E-state index contributed by atoms with van der Waals surface area (Å²) in [5.41, 5.74) is -1.16.